The Bertz CT molecular complexity index is 1510. The Morgan fingerprint density at radius 1 is 1.05 bits per heavy atom. The summed E-state index contributed by atoms with van der Waals surface area (Å²) < 4.78 is 17.7. The Kier molecular flexibility index (Phi) is 9.48. The summed E-state index contributed by atoms with van der Waals surface area (Å²) in [6.07, 6.45) is 0. The van der Waals surface area contributed by atoms with Crippen molar-refractivity contribution in [1.82, 2.24) is 9.88 Å². The topological polar surface area (TPSA) is 102 Å². The highest BCUT2D eigenvalue weighted by atomic mass is 35.5. The first kappa shape index (κ1) is 28.6. The lowest BCUT2D eigenvalue weighted by molar-refractivity contribution is -0.120. The highest BCUT2D eigenvalue weighted by Crippen LogP contribution is 2.36. The van der Waals surface area contributed by atoms with E-state index in [0.29, 0.717) is 59.5 Å². The Balaban J connectivity index is 1.27. The second-order valence-corrected chi connectivity index (χ2v) is 10.7. The summed E-state index contributed by atoms with van der Waals surface area (Å²) >= 11 is 7.57. The molecule has 2 heterocycles. The highest BCUT2D eigenvalue weighted by molar-refractivity contribution is 7.14. The molecule has 0 fully saturated rings. The van der Waals surface area contributed by atoms with E-state index < -0.39 is 0 Å². The molecule has 2 N–H and O–H groups in total. The van der Waals surface area contributed by atoms with Crippen LogP contribution in [0.3, 0.4) is 0 Å². The summed E-state index contributed by atoms with van der Waals surface area (Å²) in [5.41, 5.74) is 3.33. The van der Waals surface area contributed by atoms with Crippen LogP contribution in [0, 0.1) is 6.92 Å². The second kappa shape index (κ2) is 13.6. The quantitative estimate of drug-likeness (QED) is 0.306. The molecular weight excluding hydrogens is 564 g/mol. The van der Waals surface area contributed by atoms with Crippen molar-refractivity contribution in [2.45, 2.75) is 6.92 Å². The first-order valence-corrected chi connectivity index (χ1v) is 14.3. The number of fused-ring (bicyclic) bond motifs is 2. The fourth-order valence-corrected chi connectivity index (χ4v) is 5.03. The molecule has 0 bridgehead atoms. The molecule has 2 amide bonds. The maximum Gasteiger partial charge on any atom is 0.240 e. The zero-order valence-corrected chi connectivity index (χ0v) is 24.0. The molecule has 0 aliphatic carbocycles. The van der Waals surface area contributed by atoms with Gasteiger partial charge in [0.15, 0.2) is 22.4 Å². The van der Waals surface area contributed by atoms with E-state index in [0.717, 1.165) is 16.8 Å². The number of anilines is 2. The molecule has 0 atom stereocenters. The van der Waals surface area contributed by atoms with E-state index in [1.807, 2.05) is 48.7 Å². The number of aryl methyl sites for hydroxylation is 1. The molecule has 11 heteroatoms. The largest absolute Gasteiger partial charge is 0.487 e. The van der Waals surface area contributed by atoms with Crippen molar-refractivity contribution in [3.05, 3.63) is 82.7 Å². The number of aromatic nitrogens is 1. The molecule has 1 aromatic heterocycles. The van der Waals surface area contributed by atoms with Gasteiger partial charge in [-0.2, -0.15) is 0 Å². The molecule has 3 aromatic carbocycles. The molecule has 9 nitrogen and oxygen atoms in total. The summed E-state index contributed by atoms with van der Waals surface area (Å²) in [4.78, 5) is 32.3. The van der Waals surface area contributed by atoms with Crippen molar-refractivity contribution >= 4 is 45.6 Å². The number of para-hydroxylation sites is 2. The molecule has 0 spiro atoms. The van der Waals surface area contributed by atoms with Gasteiger partial charge in [0.05, 0.1) is 37.7 Å². The van der Waals surface area contributed by atoms with Crippen molar-refractivity contribution in [1.29, 1.82) is 0 Å². The number of nitrogens with zero attached hydrogens (tertiary/aromatic N) is 2. The molecular formula is C30H29ClN4O5S. The number of rotatable bonds is 4. The number of hydrogen-bond donors (Lipinski definition) is 2. The van der Waals surface area contributed by atoms with Gasteiger partial charge in [0.2, 0.25) is 11.8 Å². The van der Waals surface area contributed by atoms with Crippen LogP contribution in [0.4, 0.5) is 10.8 Å². The number of nitrogens with one attached hydrogen (secondary N) is 2. The third-order valence-corrected chi connectivity index (χ3v) is 7.15. The van der Waals surface area contributed by atoms with Gasteiger partial charge in [-0.25, -0.2) is 4.98 Å². The minimum absolute atomic E-state index is 0.0307. The van der Waals surface area contributed by atoms with Crippen molar-refractivity contribution in [2.24, 2.45) is 0 Å². The van der Waals surface area contributed by atoms with E-state index in [1.165, 1.54) is 11.3 Å². The van der Waals surface area contributed by atoms with Crippen LogP contribution in [0.15, 0.2) is 72.1 Å². The number of ether oxygens (including phenoxy) is 3. The predicted molar refractivity (Wildman–Crippen MR) is 160 cm³/mol. The zero-order valence-electron chi connectivity index (χ0n) is 22.4. The first-order valence-electron chi connectivity index (χ1n) is 13.0. The fraction of sp³-hybridized carbons (Fsp3) is 0.233. The average Bonchev–Trinajstić information content (AvgIpc) is 3.40. The van der Waals surface area contributed by atoms with E-state index >= 15 is 0 Å². The van der Waals surface area contributed by atoms with Crippen LogP contribution in [0.5, 0.6) is 17.2 Å². The molecule has 41 heavy (non-hydrogen) atoms. The lowest BCUT2D eigenvalue weighted by atomic mass is 10.1. The summed E-state index contributed by atoms with van der Waals surface area (Å²) in [6.45, 7) is 3.23. The molecule has 0 saturated heterocycles. The van der Waals surface area contributed by atoms with Gasteiger partial charge in [-0.1, -0.05) is 53.6 Å². The van der Waals surface area contributed by atoms with E-state index in [1.54, 1.807) is 35.2 Å². The smallest absolute Gasteiger partial charge is 0.240 e. The van der Waals surface area contributed by atoms with E-state index in [2.05, 4.69) is 15.6 Å². The summed E-state index contributed by atoms with van der Waals surface area (Å²) in [7, 11) is 0. The van der Waals surface area contributed by atoms with Crippen molar-refractivity contribution in [3.8, 4) is 28.5 Å². The third-order valence-electron chi connectivity index (χ3n) is 6.15. The van der Waals surface area contributed by atoms with Gasteiger partial charge < -0.3 is 24.8 Å². The summed E-state index contributed by atoms with van der Waals surface area (Å²) in [6, 6.07) is 20.3. The van der Waals surface area contributed by atoms with Gasteiger partial charge in [0.25, 0.3) is 0 Å². The molecule has 1 aliphatic heterocycles. The van der Waals surface area contributed by atoms with Crippen LogP contribution in [0.1, 0.15) is 5.56 Å². The van der Waals surface area contributed by atoms with Gasteiger partial charge in [-0.15, -0.1) is 11.3 Å². The van der Waals surface area contributed by atoms with E-state index in [4.69, 9.17) is 25.8 Å². The minimum atomic E-state index is -0.333. The zero-order chi connectivity index (χ0) is 28.6. The molecule has 0 radical (unpaired) electrons. The monoisotopic (exact) mass is 592 g/mol. The van der Waals surface area contributed by atoms with Gasteiger partial charge in [0.1, 0.15) is 6.61 Å². The molecule has 212 valence electrons. The molecule has 4 aromatic rings. The Morgan fingerprint density at radius 3 is 2.68 bits per heavy atom. The fourth-order valence-electron chi connectivity index (χ4n) is 4.12. The van der Waals surface area contributed by atoms with Crippen LogP contribution in [0.2, 0.25) is 5.02 Å². The number of amides is 2. The highest BCUT2D eigenvalue weighted by Gasteiger charge is 2.19. The number of benzene rings is 3. The molecule has 0 saturated carbocycles. The predicted octanol–water partition coefficient (Wildman–Crippen LogP) is 5.85. The van der Waals surface area contributed by atoms with E-state index in [-0.39, 0.29) is 24.9 Å². The van der Waals surface area contributed by atoms with Gasteiger partial charge in [0, 0.05) is 22.5 Å². The maximum absolute atomic E-state index is 13.1. The van der Waals surface area contributed by atoms with Gasteiger partial charge in [-0.05, 0) is 37.3 Å². The Morgan fingerprint density at radius 2 is 1.85 bits per heavy atom. The van der Waals surface area contributed by atoms with Crippen LogP contribution >= 0.6 is 22.9 Å². The average molecular weight is 593 g/mol. The minimum Gasteiger partial charge on any atom is -0.487 e. The normalized spacial score (nSPS) is 14.7. The molecule has 1 aliphatic rings. The SMILES string of the molecule is Cc1ccc(-c2csc(NC(=O)CN3CCOCCOc4ccccc4Oc4ccc(Cl)cc4NC(=O)C3)n2)cc1. The number of carbonyl (C=O) groups is 2. The number of carbonyl (C=O) groups excluding carboxylic acids is 2. The maximum atomic E-state index is 13.1. The van der Waals surface area contributed by atoms with Crippen molar-refractivity contribution in [2.75, 3.05) is 50.1 Å². The molecule has 0 unspecified atom stereocenters. The number of halogens is 1. The Hall–Kier alpha value is -3.96. The number of hydrogen-bond acceptors (Lipinski definition) is 8. The second-order valence-electron chi connectivity index (χ2n) is 9.36. The van der Waals surface area contributed by atoms with E-state index in [9.17, 15) is 9.59 Å². The Labute approximate surface area is 247 Å². The van der Waals surface area contributed by atoms with Crippen molar-refractivity contribution < 1.29 is 23.8 Å². The lowest BCUT2D eigenvalue weighted by Gasteiger charge is -2.21. The van der Waals surface area contributed by atoms with Crippen LogP contribution < -0.4 is 20.1 Å². The van der Waals surface area contributed by atoms with Gasteiger partial charge >= 0.3 is 0 Å². The summed E-state index contributed by atoms with van der Waals surface area (Å²) in [5.74, 6) is 0.823. The third kappa shape index (κ3) is 8.05. The standard InChI is InChI=1S/C30H29ClN4O5S/c1-20-6-8-21(9-7-20)24-19-41-30(33-24)34-29(37)18-35-12-13-38-14-15-39-26-4-2-3-5-27(26)40-25-11-10-22(31)16-23(25)32-28(36)17-35/h2-11,16,19H,12-15,17-18H2,1H3,(H,32,36)(H,33,34,37). The number of thiazole rings is 1. The molecule has 5 rings (SSSR count). The summed E-state index contributed by atoms with van der Waals surface area (Å²) in [5, 5.41) is 8.54. The van der Waals surface area contributed by atoms with Crippen molar-refractivity contribution in [3.63, 3.8) is 0 Å². The van der Waals surface area contributed by atoms with Crippen LogP contribution in [-0.4, -0.2) is 61.2 Å². The van der Waals surface area contributed by atoms with Crippen LogP contribution in [-0.2, 0) is 14.3 Å². The van der Waals surface area contributed by atoms with Gasteiger partial charge in [-0.3, -0.25) is 14.5 Å². The van der Waals surface area contributed by atoms with Crippen LogP contribution in [0.25, 0.3) is 11.3 Å². The first-order chi connectivity index (χ1) is 19.9. The lowest BCUT2D eigenvalue weighted by Crippen LogP contribution is -2.40.